The molecule has 3 unspecified atom stereocenters. The summed E-state index contributed by atoms with van der Waals surface area (Å²) in [4.78, 5) is 0. The fraction of sp³-hybridized carbons (Fsp3) is 1.00. The van der Waals surface area contributed by atoms with Crippen LogP contribution in [0.25, 0.3) is 0 Å². The van der Waals surface area contributed by atoms with E-state index in [1.54, 1.807) is 0 Å². The van der Waals surface area contributed by atoms with Gasteiger partial charge in [0.05, 0.1) is 6.61 Å². The molecule has 0 spiro atoms. The second-order valence-corrected chi connectivity index (χ2v) is 6.58. The second kappa shape index (κ2) is 8.37. The van der Waals surface area contributed by atoms with E-state index >= 15 is 0 Å². The molecule has 0 heterocycles. The van der Waals surface area contributed by atoms with Crippen molar-refractivity contribution < 1.29 is 5.11 Å². The second-order valence-electron chi connectivity index (χ2n) is 5.11. The van der Waals surface area contributed by atoms with Crippen LogP contribution < -0.4 is 5.32 Å². The van der Waals surface area contributed by atoms with Crippen molar-refractivity contribution in [1.29, 1.82) is 0 Å². The average Bonchev–Trinajstić information content (AvgIpc) is 2.26. The minimum atomic E-state index is -0.114. The number of rotatable bonds is 9. The Bertz CT molecular complexity index is 177. The smallest absolute Gasteiger partial charge is 0.0611 e. The number of likely N-dealkylation sites (N-methyl/N-ethyl adjacent to an activating group) is 1. The molecule has 0 amide bonds. The number of thioether (sulfide) groups is 1. The lowest BCUT2D eigenvalue weighted by atomic mass is 9.97. The van der Waals surface area contributed by atoms with Crippen LogP contribution in [0.3, 0.4) is 0 Å². The molecule has 0 fully saturated rings. The van der Waals surface area contributed by atoms with E-state index in [-0.39, 0.29) is 12.1 Å². The molecule has 0 saturated carbocycles. The zero-order chi connectivity index (χ0) is 12.6. The van der Waals surface area contributed by atoms with Gasteiger partial charge in [0, 0.05) is 10.8 Å². The van der Waals surface area contributed by atoms with Crippen LogP contribution in [0.4, 0.5) is 0 Å². The van der Waals surface area contributed by atoms with Gasteiger partial charge in [0.15, 0.2) is 0 Å². The fourth-order valence-electron chi connectivity index (χ4n) is 1.76. The standard InChI is InChI=1S/C13H29NOS/c1-6-11(3)9-16-12(4)8-13(5,10-15)14-7-2/h11-12,14-15H,6-10H2,1-5H3. The van der Waals surface area contributed by atoms with Crippen molar-refractivity contribution in [3.8, 4) is 0 Å². The highest BCUT2D eigenvalue weighted by Gasteiger charge is 2.24. The summed E-state index contributed by atoms with van der Waals surface area (Å²) < 4.78 is 0. The summed E-state index contributed by atoms with van der Waals surface area (Å²) in [7, 11) is 0. The van der Waals surface area contributed by atoms with Crippen LogP contribution in [0, 0.1) is 5.92 Å². The molecule has 0 aliphatic carbocycles. The Labute approximate surface area is 106 Å². The van der Waals surface area contributed by atoms with Crippen molar-refractivity contribution in [2.45, 2.75) is 58.2 Å². The predicted molar refractivity (Wildman–Crippen MR) is 75.2 cm³/mol. The van der Waals surface area contributed by atoms with Crippen LogP contribution in [-0.4, -0.2) is 34.8 Å². The highest BCUT2D eigenvalue weighted by atomic mass is 32.2. The zero-order valence-electron chi connectivity index (χ0n) is 11.5. The molecular weight excluding hydrogens is 218 g/mol. The van der Waals surface area contributed by atoms with Crippen molar-refractivity contribution >= 4 is 11.8 Å². The van der Waals surface area contributed by atoms with Gasteiger partial charge in [-0.3, -0.25) is 0 Å². The Kier molecular flexibility index (Phi) is 8.52. The normalized spacial score (nSPS) is 19.1. The van der Waals surface area contributed by atoms with Gasteiger partial charge in [0.1, 0.15) is 0 Å². The molecule has 2 nitrogen and oxygen atoms in total. The van der Waals surface area contributed by atoms with E-state index in [1.807, 2.05) is 11.8 Å². The maximum atomic E-state index is 9.42. The van der Waals surface area contributed by atoms with E-state index in [1.165, 1.54) is 12.2 Å². The third kappa shape index (κ3) is 6.77. The van der Waals surface area contributed by atoms with Gasteiger partial charge in [-0.1, -0.05) is 34.1 Å². The molecule has 0 bridgehead atoms. The Morgan fingerprint density at radius 3 is 2.38 bits per heavy atom. The molecule has 2 N–H and O–H groups in total. The van der Waals surface area contributed by atoms with Crippen molar-refractivity contribution in [2.24, 2.45) is 5.92 Å². The van der Waals surface area contributed by atoms with E-state index in [0.717, 1.165) is 18.9 Å². The molecule has 16 heavy (non-hydrogen) atoms. The van der Waals surface area contributed by atoms with E-state index in [0.29, 0.717) is 5.25 Å². The summed E-state index contributed by atoms with van der Waals surface area (Å²) in [6, 6.07) is 0. The van der Waals surface area contributed by atoms with Gasteiger partial charge in [-0.2, -0.15) is 11.8 Å². The third-order valence-electron chi connectivity index (χ3n) is 3.05. The average molecular weight is 247 g/mol. The summed E-state index contributed by atoms with van der Waals surface area (Å²) in [5.41, 5.74) is -0.114. The lowest BCUT2D eigenvalue weighted by Crippen LogP contribution is -2.47. The minimum Gasteiger partial charge on any atom is -0.394 e. The van der Waals surface area contributed by atoms with E-state index < -0.39 is 0 Å². The fourth-order valence-corrected chi connectivity index (χ4v) is 3.14. The largest absolute Gasteiger partial charge is 0.394 e. The molecule has 0 aromatic carbocycles. The quantitative estimate of drug-likeness (QED) is 0.657. The molecule has 0 aromatic rings. The lowest BCUT2D eigenvalue weighted by molar-refractivity contribution is 0.168. The van der Waals surface area contributed by atoms with Gasteiger partial charge in [0.25, 0.3) is 0 Å². The Balaban J connectivity index is 3.95. The highest BCUT2D eigenvalue weighted by Crippen LogP contribution is 2.24. The molecular formula is C13H29NOS. The molecule has 98 valence electrons. The van der Waals surface area contributed by atoms with Crippen LogP contribution in [0.5, 0.6) is 0 Å². The van der Waals surface area contributed by atoms with Gasteiger partial charge in [-0.25, -0.2) is 0 Å². The first-order valence-electron chi connectivity index (χ1n) is 6.44. The third-order valence-corrected chi connectivity index (χ3v) is 4.55. The first kappa shape index (κ1) is 16.3. The van der Waals surface area contributed by atoms with Gasteiger partial charge >= 0.3 is 0 Å². The first-order valence-corrected chi connectivity index (χ1v) is 7.49. The van der Waals surface area contributed by atoms with Gasteiger partial charge < -0.3 is 10.4 Å². The monoisotopic (exact) mass is 247 g/mol. The summed E-state index contributed by atoms with van der Waals surface area (Å²) in [6.07, 6.45) is 2.28. The van der Waals surface area contributed by atoms with Crippen molar-refractivity contribution in [2.75, 3.05) is 18.9 Å². The number of hydrogen-bond acceptors (Lipinski definition) is 3. The van der Waals surface area contributed by atoms with Gasteiger partial charge in [-0.05, 0) is 31.6 Å². The Morgan fingerprint density at radius 2 is 1.94 bits per heavy atom. The van der Waals surface area contributed by atoms with Crippen LogP contribution in [-0.2, 0) is 0 Å². The van der Waals surface area contributed by atoms with Crippen molar-refractivity contribution in [3.63, 3.8) is 0 Å². The SMILES string of the molecule is CCNC(C)(CO)CC(C)SCC(C)CC. The van der Waals surface area contributed by atoms with Gasteiger partial charge in [0.2, 0.25) is 0 Å². The summed E-state index contributed by atoms with van der Waals surface area (Å²) in [6.45, 7) is 12.1. The summed E-state index contributed by atoms with van der Waals surface area (Å²) in [5.74, 6) is 2.03. The van der Waals surface area contributed by atoms with Crippen LogP contribution >= 0.6 is 11.8 Å². The molecule has 0 saturated heterocycles. The molecule has 0 rings (SSSR count). The minimum absolute atomic E-state index is 0.114. The predicted octanol–water partition coefficient (Wildman–Crippen LogP) is 2.90. The molecule has 0 aliphatic rings. The van der Waals surface area contributed by atoms with Crippen molar-refractivity contribution in [3.05, 3.63) is 0 Å². The highest BCUT2D eigenvalue weighted by molar-refractivity contribution is 7.99. The topological polar surface area (TPSA) is 32.3 Å². The van der Waals surface area contributed by atoms with E-state index in [2.05, 4.69) is 39.9 Å². The van der Waals surface area contributed by atoms with Crippen LogP contribution in [0.2, 0.25) is 0 Å². The van der Waals surface area contributed by atoms with Crippen LogP contribution in [0.15, 0.2) is 0 Å². The Hall–Kier alpha value is 0.270. The maximum absolute atomic E-state index is 9.42. The maximum Gasteiger partial charge on any atom is 0.0611 e. The molecule has 0 radical (unpaired) electrons. The number of nitrogens with one attached hydrogen (secondary N) is 1. The number of aliphatic hydroxyl groups excluding tert-OH is 1. The van der Waals surface area contributed by atoms with E-state index in [9.17, 15) is 5.11 Å². The molecule has 3 atom stereocenters. The first-order chi connectivity index (χ1) is 7.47. The molecule has 3 heteroatoms. The molecule has 0 aliphatic heterocycles. The lowest BCUT2D eigenvalue weighted by Gasteiger charge is -2.31. The zero-order valence-corrected chi connectivity index (χ0v) is 12.4. The summed E-state index contributed by atoms with van der Waals surface area (Å²) >= 11 is 2.03. The number of aliphatic hydroxyl groups is 1. The van der Waals surface area contributed by atoms with Crippen LogP contribution in [0.1, 0.15) is 47.5 Å². The van der Waals surface area contributed by atoms with E-state index in [4.69, 9.17) is 0 Å². The van der Waals surface area contributed by atoms with Crippen molar-refractivity contribution in [1.82, 2.24) is 5.32 Å². The summed E-state index contributed by atoms with van der Waals surface area (Å²) in [5, 5.41) is 13.4. The van der Waals surface area contributed by atoms with Gasteiger partial charge in [-0.15, -0.1) is 0 Å². The number of hydrogen-bond donors (Lipinski definition) is 2. The Morgan fingerprint density at radius 1 is 1.31 bits per heavy atom. The molecule has 0 aromatic heterocycles.